The lowest BCUT2D eigenvalue weighted by Crippen LogP contribution is -2.11. The molecule has 0 unspecified atom stereocenters. The fourth-order valence-corrected chi connectivity index (χ4v) is 1.12. The first kappa shape index (κ1) is 9.93. The fraction of sp³-hybridized carbons (Fsp3) is 0. The summed E-state index contributed by atoms with van der Waals surface area (Å²) in [6, 6.07) is 8.25. The molecule has 0 aliphatic rings. The first-order chi connectivity index (χ1) is 7.79. The zero-order chi connectivity index (χ0) is 11.4. The SMILES string of the molecule is N#Cc1ccc(NC(=O)c2ccco2)nc1. The molecule has 1 N–H and O–H groups in total. The highest BCUT2D eigenvalue weighted by Crippen LogP contribution is 2.07. The normalized spacial score (nSPS) is 9.44. The van der Waals surface area contributed by atoms with Crippen LogP contribution in [0, 0.1) is 11.3 Å². The second-order valence-corrected chi connectivity index (χ2v) is 2.98. The van der Waals surface area contributed by atoms with Crippen LogP contribution in [0.4, 0.5) is 5.82 Å². The number of carbonyl (C=O) groups excluding carboxylic acids is 1. The van der Waals surface area contributed by atoms with Gasteiger partial charge in [-0.3, -0.25) is 4.79 Å². The van der Waals surface area contributed by atoms with Gasteiger partial charge in [-0.15, -0.1) is 0 Å². The predicted octanol–water partition coefficient (Wildman–Crippen LogP) is 1.80. The van der Waals surface area contributed by atoms with Gasteiger partial charge < -0.3 is 9.73 Å². The Kier molecular flexibility index (Phi) is 2.65. The molecule has 5 heteroatoms. The number of anilines is 1. The summed E-state index contributed by atoms with van der Waals surface area (Å²) < 4.78 is 4.92. The average molecular weight is 213 g/mol. The van der Waals surface area contributed by atoms with Gasteiger partial charge in [0.1, 0.15) is 11.9 Å². The highest BCUT2D eigenvalue weighted by Gasteiger charge is 2.08. The molecule has 0 aliphatic carbocycles. The van der Waals surface area contributed by atoms with E-state index in [2.05, 4.69) is 10.3 Å². The standard InChI is InChI=1S/C11H7N3O2/c12-6-8-3-4-10(13-7-8)14-11(15)9-2-1-5-16-9/h1-5,7H,(H,13,14,15). The smallest absolute Gasteiger partial charge is 0.292 e. The molecule has 0 aliphatic heterocycles. The molecule has 1 amide bonds. The van der Waals surface area contributed by atoms with Crippen molar-refractivity contribution in [2.45, 2.75) is 0 Å². The third-order valence-electron chi connectivity index (χ3n) is 1.88. The van der Waals surface area contributed by atoms with E-state index >= 15 is 0 Å². The van der Waals surface area contributed by atoms with Gasteiger partial charge in [-0.2, -0.15) is 5.26 Å². The van der Waals surface area contributed by atoms with Crippen LogP contribution in [0.1, 0.15) is 16.1 Å². The number of nitriles is 1. The van der Waals surface area contributed by atoms with Gasteiger partial charge in [0.05, 0.1) is 11.8 Å². The van der Waals surface area contributed by atoms with E-state index in [4.69, 9.17) is 9.68 Å². The Bertz CT molecular complexity index is 523. The largest absolute Gasteiger partial charge is 0.459 e. The zero-order valence-electron chi connectivity index (χ0n) is 8.18. The maximum atomic E-state index is 11.5. The summed E-state index contributed by atoms with van der Waals surface area (Å²) in [4.78, 5) is 15.4. The lowest BCUT2D eigenvalue weighted by Gasteiger charge is -2.01. The van der Waals surface area contributed by atoms with Crippen LogP contribution in [-0.2, 0) is 0 Å². The van der Waals surface area contributed by atoms with E-state index in [1.54, 1.807) is 24.3 Å². The number of furan rings is 1. The first-order valence-electron chi connectivity index (χ1n) is 4.50. The molecule has 0 fully saturated rings. The van der Waals surface area contributed by atoms with Crippen LogP contribution in [-0.4, -0.2) is 10.9 Å². The molecule has 0 saturated heterocycles. The van der Waals surface area contributed by atoms with Crippen molar-refractivity contribution in [3.63, 3.8) is 0 Å². The van der Waals surface area contributed by atoms with Crippen molar-refractivity contribution in [2.24, 2.45) is 0 Å². The van der Waals surface area contributed by atoms with E-state index < -0.39 is 0 Å². The summed E-state index contributed by atoms with van der Waals surface area (Å²) in [6.45, 7) is 0. The minimum Gasteiger partial charge on any atom is -0.459 e. The Morgan fingerprint density at radius 2 is 2.31 bits per heavy atom. The van der Waals surface area contributed by atoms with Crippen molar-refractivity contribution < 1.29 is 9.21 Å². The van der Waals surface area contributed by atoms with Crippen molar-refractivity contribution in [3.8, 4) is 6.07 Å². The van der Waals surface area contributed by atoms with Gasteiger partial charge in [0, 0.05) is 6.20 Å². The highest BCUT2D eigenvalue weighted by atomic mass is 16.3. The van der Waals surface area contributed by atoms with Crippen LogP contribution in [0.3, 0.4) is 0 Å². The van der Waals surface area contributed by atoms with Crippen LogP contribution in [0.5, 0.6) is 0 Å². The predicted molar refractivity (Wildman–Crippen MR) is 55.6 cm³/mol. The number of rotatable bonds is 2. The summed E-state index contributed by atoms with van der Waals surface area (Å²) >= 11 is 0. The lowest BCUT2D eigenvalue weighted by atomic mass is 10.3. The van der Waals surface area contributed by atoms with Gasteiger partial charge in [0.25, 0.3) is 5.91 Å². The molecule has 0 bridgehead atoms. The number of hydrogen-bond donors (Lipinski definition) is 1. The average Bonchev–Trinajstić information content (AvgIpc) is 2.83. The molecule has 5 nitrogen and oxygen atoms in total. The summed E-state index contributed by atoms with van der Waals surface area (Å²) in [5.41, 5.74) is 0.441. The highest BCUT2D eigenvalue weighted by molar-refractivity contribution is 6.01. The second-order valence-electron chi connectivity index (χ2n) is 2.98. The Morgan fingerprint density at radius 3 is 2.88 bits per heavy atom. The number of nitrogens with one attached hydrogen (secondary N) is 1. The number of nitrogens with zero attached hydrogens (tertiary/aromatic N) is 2. The molecule has 78 valence electrons. The van der Waals surface area contributed by atoms with Crippen molar-refractivity contribution in [1.29, 1.82) is 5.26 Å². The van der Waals surface area contributed by atoms with E-state index in [0.29, 0.717) is 11.4 Å². The molecule has 0 spiro atoms. The van der Waals surface area contributed by atoms with Gasteiger partial charge in [-0.05, 0) is 24.3 Å². The minimum absolute atomic E-state index is 0.214. The van der Waals surface area contributed by atoms with Crippen LogP contribution in [0.2, 0.25) is 0 Å². The summed E-state index contributed by atoms with van der Waals surface area (Å²) in [7, 11) is 0. The van der Waals surface area contributed by atoms with Gasteiger partial charge in [0.2, 0.25) is 0 Å². The van der Waals surface area contributed by atoms with Crippen molar-refractivity contribution in [3.05, 3.63) is 48.0 Å². The molecule has 0 atom stereocenters. The fourth-order valence-electron chi connectivity index (χ4n) is 1.12. The quantitative estimate of drug-likeness (QED) is 0.824. The van der Waals surface area contributed by atoms with Gasteiger partial charge in [0.15, 0.2) is 5.76 Å². The second kappa shape index (κ2) is 4.28. The lowest BCUT2D eigenvalue weighted by molar-refractivity contribution is 0.0996. The molecule has 0 radical (unpaired) electrons. The Balaban J connectivity index is 2.10. The minimum atomic E-state index is -0.373. The first-order valence-corrected chi connectivity index (χ1v) is 4.50. The molecule has 0 saturated carbocycles. The number of carbonyl (C=O) groups is 1. The Morgan fingerprint density at radius 1 is 1.44 bits per heavy atom. The molecular formula is C11H7N3O2. The monoisotopic (exact) mass is 213 g/mol. The maximum absolute atomic E-state index is 11.5. The maximum Gasteiger partial charge on any atom is 0.292 e. The third kappa shape index (κ3) is 2.07. The number of amides is 1. The molecule has 2 rings (SSSR count). The summed E-state index contributed by atoms with van der Waals surface area (Å²) in [5.74, 6) is 0.216. The van der Waals surface area contributed by atoms with Crippen molar-refractivity contribution in [2.75, 3.05) is 5.32 Å². The molecule has 2 heterocycles. The Labute approximate surface area is 91.3 Å². The van der Waals surface area contributed by atoms with Crippen LogP contribution in [0.15, 0.2) is 41.1 Å². The van der Waals surface area contributed by atoms with Crippen molar-refractivity contribution >= 4 is 11.7 Å². The Hall–Kier alpha value is -2.61. The zero-order valence-corrected chi connectivity index (χ0v) is 8.18. The van der Waals surface area contributed by atoms with Gasteiger partial charge in [-0.1, -0.05) is 0 Å². The van der Waals surface area contributed by atoms with E-state index in [9.17, 15) is 4.79 Å². The number of pyridine rings is 1. The van der Waals surface area contributed by atoms with E-state index in [0.717, 1.165) is 0 Å². The number of hydrogen-bond acceptors (Lipinski definition) is 4. The molecular weight excluding hydrogens is 206 g/mol. The van der Waals surface area contributed by atoms with Crippen LogP contribution < -0.4 is 5.32 Å². The van der Waals surface area contributed by atoms with E-state index in [-0.39, 0.29) is 11.7 Å². The van der Waals surface area contributed by atoms with Crippen LogP contribution in [0.25, 0.3) is 0 Å². The molecule has 0 aromatic carbocycles. The van der Waals surface area contributed by atoms with Gasteiger partial charge in [-0.25, -0.2) is 4.98 Å². The van der Waals surface area contributed by atoms with Crippen LogP contribution >= 0.6 is 0 Å². The molecule has 16 heavy (non-hydrogen) atoms. The molecule has 2 aromatic heterocycles. The molecule has 2 aromatic rings. The number of aromatic nitrogens is 1. The van der Waals surface area contributed by atoms with E-state index in [1.807, 2.05) is 6.07 Å². The summed E-state index contributed by atoms with van der Waals surface area (Å²) in [5, 5.41) is 11.1. The van der Waals surface area contributed by atoms with Gasteiger partial charge >= 0.3 is 0 Å². The van der Waals surface area contributed by atoms with Crippen molar-refractivity contribution in [1.82, 2.24) is 4.98 Å². The summed E-state index contributed by atoms with van der Waals surface area (Å²) in [6.07, 6.45) is 2.80. The topological polar surface area (TPSA) is 78.9 Å². The van der Waals surface area contributed by atoms with E-state index in [1.165, 1.54) is 12.5 Å². The third-order valence-corrected chi connectivity index (χ3v) is 1.88.